The summed E-state index contributed by atoms with van der Waals surface area (Å²) in [5.41, 5.74) is 1.14. The van der Waals surface area contributed by atoms with Gasteiger partial charge < -0.3 is 4.74 Å². The molecule has 2 aromatic carbocycles. The first-order valence-electron chi connectivity index (χ1n) is 8.20. The van der Waals surface area contributed by atoms with Crippen LogP contribution in [0.15, 0.2) is 47.4 Å². The highest BCUT2D eigenvalue weighted by atomic mass is 35.5. The fourth-order valence-corrected chi connectivity index (χ4v) is 5.13. The summed E-state index contributed by atoms with van der Waals surface area (Å²) in [6.07, 6.45) is 0. The van der Waals surface area contributed by atoms with E-state index in [1.54, 1.807) is 13.2 Å². The van der Waals surface area contributed by atoms with E-state index in [1.165, 1.54) is 16.4 Å². The van der Waals surface area contributed by atoms with Gasteiger partial charge in [-0.05, 0) is 35.9 Å². The first kappa shape index (κ1) is 19.5. The summed E-state index contributed by atoms with van der Waals surface area (Å²) in [7, 11) is -2.01. The van der Waals surface area contributed by atoms with E-state index < -0.39 is 10.0 Å². The number of hydrogen-bond acceptors (Lipinski definition) is 4. The second-order valence-electron chi connectivity index (χ2n) is 6.11. The highest BCUT2D eigenvalue weighted by Gasteiger charge is 2.30. The Morgan fingerprint density at radius 1 is 1.04 bits per heavy atom. The van der Waals surface area contributed by atoms with E-state index in [0.29, 0.717) is 31.2 Å². The maximum absolute atomic E-state index is 12.9. The van der Waals surface area contributed by atoms with Crippen molar-refractivity contribution in [1.29, 1.82) is 0 Å². The van der Waals surface area contributed by atoms with Gasteiger partial charge in [-0.1, -0.05) is 35.3 Å². The van der Waals surface area contributed by atoms with Crippen molar-refractivity contribution >= 4 is 33.2 Å². The van der Waals surface area contributed by atoms with E-state index in [2.05, 4.69) is 4.90 Å². The number of halogens is 2. The van der Waals surface area contributed by atoms with E-state index in [0.717, 1.165) is 17.9 Å². The van der Waals surface area contributed by atoms with Gasteiger partial charge in [-0.2, -0.15) is 4.31 Å². The van der Waals surface area contributed by atoms with Crippen LogP contribution in [0.5, 0.6) is 5.75 Å². The van der Waals surface area contributed by atoms with Gasteiger partial charge in [-0.25, -0.2) is 8.42 Å². The molecule has 0 radical (unpaired) electrons. The molecule has 5 nitrogen and oxygen atoms in total. The number of rotatable bonds is 5. The van der Waals surface area contributed by atoms with Crippen molar-refractivity contribution in [2.45, 2.75) is 11.4 Å². The van der Waals surface area contributed by atoms with Gasteiger partial charge in [-0.15, -0.1) is 0 Å². The number of methoxy groups -OCH3 is 1. The van der Waals surface area contributed by atoms with Crippen molar-refractivity contribution in [2.75, 3.05) is 33.3 Å². The largest absolute Gasteiger partial charge is 0.497 e. The number of piperazine rings is 1. The van der Waals surface area contributed by atoms with Gasteiger partial charge in [0.05, 0.1) is 12.1 Å². The highest BCUT2D eigenvalue weighted by molar-refractivity contribution is 7.89. The number of nitrogens with zero attached hydrogens (tertiary/aromatic N) is 2. The van der Waals surface area contributed by atoms with Crippen LogP contribution in [-0.2, 0) is 16.6 Å². The van der Waals surface area contributed by atoms with E-state index >= 15 is 0 Å². The van der Waals surface area contributed by atoms with Crippen LogP contribution in [0, 0.1) is 0 Å². The molecule has 3 rings (SSSR count). The molecule has 1 saturated heterocycles. The summed E-state index contributed by atoms with van der Waals surface area (Å²) in [5, 5.41) is 0.540. The van der Waals surface area contributed by atoms with Crippen LogP contribution in [0.3, 0.4) is 0 Å². The van der Waals surface area contributed by atoms with E-state index in [4.69, 9.17) is 27.9 Å². The summed E-state index contributed by atoms with van der Waals surface area (Å²) in [6, 6.07) is 12.4. The fraction of sp³-hybridized carbons (Fsp3) is 0.333. The molecule has 1 aliphatic heterocycles. The average Bonchev–Trinajstić information content (AvgIpc) is 2.64. The molecule has 1 heterocycles. The SMILES string of the molecule is COc1cccc(CN2CCN(S(=O)(=O)c3cc(Cl)ccc3Cl)CC2)c1. The van der Waals surface area contributed by atoms with E-state index in [9.17, 15) is 8.42 Å². The number of benzene rings is 2. The summed E-state index contributed by atoms with van der Waals surface area (Å²) >= 11 is 12.0. The third-order valence-electron chi connectivity index (χ3n) is 4.38. The van der Waals surface area contributed by atoms with Crippen LogP contribution in [0.4, 0.5) is 0 Å². The van der Waals surface area contributed by atoms with Gasteiger partial charge in [0, 0.05) is 37.7 Å². The molecule has 0 aromatic heterocycles. The fourth-order valence-electron chi connectivity index (χ4n) is 2.97. The number of ether oxygens (including phenoxy) is 1. The lowest BCUT2D eigenvalue weighted by Crippen LogP contribution is -2.48. The second kappa shape index (κ2) is 8.15. The smallest absolute Gasteiger partial charge is 0.244 e. The predicted octanol–water partition coefficient (Wildman–Crippen LogP) is 3.51. The molecule has 0 atom stereocenters. The lowest BCUT2D eigenvalue weighted by molar-refractivity contribution is 0.181. The molecule has 26 heavy (non-hydrogen) atoms. The molecule has 1 fully saturated rings. The van der Waals surface area contributed by atoms with Crippen molar-refractivity contribution in [3.63, 3.8) is 0 Å². The quantitative estimate of drug-likeness (QED) is 0.750. The average molecular weight is 415 g/mol. The maximum Gasteiger partial charge on any atom is 0.244 e. The maximum atomic E-state index is 12.9. The molecule has 8 heteroatoms. The molecular weight excluding hydrogens is 395 g/mol. The summed E-state index contributed by atoms with van der Waals surface area (Å²) in [5.74, 6) is 0.819. The molecule has 1 aliphatic rings. The van der Waals surface area contributed by atoms with Crippen LogP contribution in [0.2, 0.25) is 10.0 Å². The van der Waals surface area contributed by atoms with Gasteiger partial charge >= 0.3 is 0 Å². The zero-order valence-electron chi connectivity index (χ0n) is 14.4. The molecule has 0 unspecified atom stereocenters. The van der Waals surface area contributed by atoms with Gasteiger partial charge in [0.1, 0.15) is 10.6 Å². The van der Waals surface area contributed by atoms with Crippen molar-refractivity contribution in [3.8, 4) is 5.75 Å². The Hall–Kier alpha value is -1.31. The molecule has 0 amide bonds. The Morgan fingerprint density at radius 2 is 1.77 bits per heavy atom. The zero-order chi connectivity index (χ0) is 18.7. The Kier molecular flexibility index (Phi) is 6.10. The minimum Gasteiger partial charge on any atom is -0.497 e. The third-order valence-corrected chi connectivity index (χ3v) is 7.00. The van der Waals surface area contributed by atoms with E-state index in [-0.39, 0.29) is 9.92 Å². The Morgan fingerprint density at radius 3 is 2.46 bits per heavy atom. The normalized spacial score (nSPS) is 16.6. The monoisotopic (exact) mass is 414 g/mol. The van der Waals surface area contributed by atoms with Gasteiger partial charge in [0.15, 0.2) is 0 Å². The lowest BCUT2D eigenvalue weighted by atomic mass is 10.2. The van der Waals surface area contributed by atoms with Crippen molar-refractivity contribution in [3.05, 3.63) is 58.1 Å². The minimum atomic E-state index is -3.65. The molecule has 0 aliphatic carbocycles. The molecule has 0 N–H and O–H groups in total. The standard InChI is InChI=1S/C18H20Cl2N2O3S/c1-25-16-4-2-3-14(11-16)13-21-7-9-22(10-8-21)26(23,24)18-12-15(19)5-6-17(18)20/h2-6,11-12H,7-10,13H2,1H3. The second-order valence-corrected chi connectivity index (χ2v) is 8.86. The van der Waals surface area contributed by atoms with Gasteiger partial charge in [-0.3, -0.25) is 4.90 Å². The topological polar surface area (TPSA) is 49.9 Å². The lowest BCUT2D eigenvalue weighted by Gasteiger charge is -2.34. The number of hydrogen-bond donors (Lipinski definition) is 0. The molecule has 0 bridgehead atoms. The Balaban J connectivity index is 1.67. The Bertz CT molecular complexity index is 882. The summed E-state index contributed by atoms with van der Waals surface area (Å²) in [6.45, 7) is 2.87. The molecule has 0 saturated carbocycles. The third kappa shape index (κ3) is 4.32. The highest BCUT2D eigenvalue weighted by Crippen LogP contribution is 2.28. The van der Waals surface area contributed by atoms with E-state index in [1.807, 2.05) is 24.3 Å². The van der Waals surface area contributed by atoms with Crippen LogP contribution in [-0.4, -0.2) is 50.9 Å². The zero-order valence-corrected chi connectivity index (χ0v) is 16.7. The van der Waals surface area contributed by atoms with Crippen LogP contribution < -0.4 is 4.74 Å². The summed E-state index contributed by atoms with van der Waals surface area (Å²) < 4.78 is 32.4. The first-order valence-corrected chi connectivity index (χ1v) is 10.4. The van der Waals surface area contributed by atoms with Crippen molar-refractivity contribution in [1.82, 2.24) is 9.21 Å². The van der Waals surface area contributed by atoms with Crippen molar-refractivity contribution < 1.29 is 13.2 Å². The van der Waals surface area contributed by atoms with Crippen molar-refractivity contribution in [2.24, 2.45) is 0 Å². The molecular formula is C18H20Cl2N2O3S. The molecule has 0 spiro atoms. The van der Waals surface area contributed by atoms with Crippen LogP contribution >= 0.6 is 23.2 Å². The molecule has 2 aromatic rings. The number of sulfonamides is 1. The first-order chi connectivity index (χ1) is 12.4. The van der Waals surface area contributed by atoms with Gasteiger partial charge in [0.2, 0.25) is 10.0 Å². The predicted molar refractivity (Wildman–Crippen MR) is 103 cm³/mol. The van der Waals surface area contributed by atoms with Crippen LogP contribution in [0.1, 0.15) is 5.56 Å². The van der Waals surface area contributed by atoms with Gasteiger partial charge in [0.25, 0.3) is 0 Å². The molecule has 140 valence electrons. The summed E-state index contributed by atoms with van der Waals surface area (Å²) in [4.78, 5) is 2.29. The minimum absolute atomic E-state index is 0.0629. The van der Waals surface area contributed by atoms with Crippen LogP contribution in [0.25, 0.3) is 0 Å². The Labute approximate surface area is 164 Å².